The molecule has 3 N–H and O–H groups in total. The van der Waals surface area contributed by atoms with Crippen molar-refractivity contribution in [1.82, 2.24) is 10.6 Å². The predicted molar refractivity (Wildman–Crippen MR) is 154 cm³/mol. The topological polar surface area (TPSA) is 159 Å². The van der Waals surface area contributed by atoms with Crippen LogP contribution in [0.5, 0.6) is 0 Å². The molecule has 12 nitrogen and oxygen atoms in total. The third kappa shape index (κ3) is 6.93. The summed E-state index contributed by atoms with van der Waals surface area (Å²) in [5, 5.41) is 14.7. The summed E-state index contributed by atoms with van der Waals surface area (Å²) in [5.41, 5.74) is 0.0582. The van der Waals surface area contributed by atoms with E-state index in [-0.39, 0.29) is 55.9 Å². The second kappa shape index (κ2) is 13.5. The van der Waals surface area contributed by atoms with Gasteiger partial charge >= 0.3 is 11.9 Å². The quantitative estimate of drug-likeness (QED) is 0.181. The molecule has 1 aromatic carbocycles. The number of benzene rings is 1. The van der Waals surface area contributed by atoms with Crippen LogP contribution in [0.3, 0.4) is 0 Å². The van der Waals surface area contributed by atoms with Crippen molar-refractivity contribution in [1.29, 1.82) is 0 Å². The maximum absolute atomic E-state index is 12.8. The summed E-state index contributed by atoms with van der Waals surface area (Å²) in [6, 6.07) is 8.02. The Hall–Kier alpha value is -3.06. The number of nitrogens with one attached hydrogen (secondary N) is 2. The molecule has 1 saturated carbocycles. The molecule has 0 aromatic heterocycles. The number of carboxylic acids is 1. The number of esters is 1. The van der Waals surface area contributed by atoms with E-state index >= 15 is 0 Å². The Bertz CT molecular complexity index is 1210. The first-order valence-electron chi connectivity index (χ1n) is 15.7. The van der Waals surface area contributed by atoms with Gasteiger partial charge in [0.15, 0.2) is 11.9 Å². The lowest BCUT2D eigenvalue weighted by Gasteiger charge is -2.59. The summed E-state index contributed by atoms with van der Waals surface area (Å²) < 4.78 is 18.3. The number of hydrogen-bond acceptors (Lipinski definition) is 9. The Labute approximate surface area is 257 Å². The van der Waals surface area contributed by atoms with Crippen LogP contribution in [-0.2, 0) is 49.6 Å². The molecule has 1 spiro atoms. The summed E-state index contributed by atoms with van der Waals surface area (Å²) >= 11 is 0. The first-order chi connectivity index (χ1) is 21.0. The zero-order valence-electron chi connectivity index (χ0n) is 25.6. The van der Waals surface area contributed by atoms with E-state index < -0.39 is 47.9 Å². The van der Waals surface area contributed by atoms with Crippen LogP contribution in [0, 0.1) is 23.7 Å². The number of carboxylic acid groups (broad SMARTS) is 1. The Morgan fingerprint density at radius 2 is 1.77 bits per heavy atom. The monoisotopic (exact) mass is 616 g/mol. The number of rotatable bonds is 12. The van der Waals surface area contributed by atoms with Gasteiger partial charge in [-0.2, -0.15) is 0 Å². The van der Waals surface area contributed by atoms with Gasteiger partial charge in [0.2, 0.25) is 23.9 Å². The highest BCUT2D eigenvalue weighted by Crippen LogP contribution is 2.60. The molecule has 9 atom stereocenters. The molecule has 4 heterocycles. The van der Waals surface area contributed by atoms with Crippen molar-refractivity contribution in [2.75, 3.05) is 6.54 Å². The summed E-state index contributed by atoms with van der Waals surface area (Å²) in [6.45, 7) is 6.27. The molecule has 4 saturated heterocycles. The van der Waals surface area contributed by atoms with Gasteiger partial charge in [-0.15, -0.1) is 0 Å². The number of ether oxygens (including phenoxy) is 3. The number of aliphatic carboxylic acids is 1. The number of carbonyl (C=O) groups is 4. The Balaban J connectivity index is 1.03. The second-order valence-corrected chi connectivity index (χ2v) is 12.9. The van der Waals surface area contributed by atoms with Gasteiger partial charge in [0.05, 0.1) is 6.42 Å². The number of carbonyl (C=O) groups excluding carboxylic acids is 3. The first kappa shape index (κ1) is 32.3. The molecule has 9 unspecified atom stereocenters. The van der Waals surface area contributed by atoms with E-state index in [2.05, 4.69) is 17.6 Å². The van der Waals surface area contributed by atoms with Gasteiger partial charge in [-0.05, 0) is 50.0 Å². The van der Waals surface area contributed by atoms with Crippen LogP contribution in [0.15, 0.2) is 30.3 Å². The molecule has 1 aromatic rings. The number of amides is 2. The van der Waals surface area contributed by atoms with E-state index in [1.54, 1.807) is 12.1 Å². The third-order valence-corrected chi connectivity index (χ3v) is 9.72. The Kier molecular flexibility index (Phi) is 9.93. The van der Waals surface area contributed by atoms with E-state index in [0.29, 0.717) is 18.8 Å². The maximum atomic E-state index is 12.8. The fourth-order valence-electron chi connectivity index (χ4n) is 7.29. The fourth-order valence-corrected chi connectivity index (χ4v) is 7.29. The van der Waals surface area contributed by atoms with Crippen molar-refractivity contribution in [3.8, 4) is 0 Å². The molecule has 4 aliphatic heterocycles. The average molecular weight is 617 g/mol. The Morgan fingerprint density at radius 1 is 1.00 bits per heavy atom. The van der Waals surface area contributed by atoms with Gasteiger partial charge in [0, 0.05) is 44.1 Å². The Morgan fingerprint density at radius 3 is 2.52 bits per heavy atom. The maximum Gasteiger partial charge on any atom is 0.326 e. The van der Waals surface area contributed by atoms with Gasteiger partial charge in [-0.1, -0.05) is 44.2 Å². The molecule has 1 aliphatic carbocycles. The summed E-state index contributed by atoms with van der Waals surface area (Å²) in [5.74, 6) is -2.86. The van der Waals surface area contributed by atoms with Crippen molar-refractivity contribution in [3.05, 3.63) is 35.9 Å². The third-order valence-electron chi connectivity index (χ3n) is 9.72. The molecule has 0 radical (unpaired) electrons. The molecule has 5 fully saturated rings. The van der Waals surface area contributed by atoms with E-state index in [0.717, 1.165) is 24.8 Å². The normalized spacial score (nSPS) is 34.6. The molecule has 2 bridgehead atoms. The highest BCUT2D eigenvalue weighted by atomic mass is 17.3. The highest BCUT2D eigenvalue weighted by Gasteiger charge is 2.69. The molecule has 6 rings (SSSR count). The van der Waals surface area contributed by atoms with Crippen molar-refractivity contribution in [2.45, 2.75) is 109 Å². The molecule has 5 aliphatic rings. The lowest BCUT2D eigenvalue weighted by atomic mass is 9.58. The standard InChI is InChI=1S/C32H44N2O10/c1-19-11-12-23-20(2)29(41-30-32(23)22(19)15-16-31(3,42-30)43-44-32)40-27(37)14-13-25(35)33-17-7-10-26(36)34-24(28(38)39)18-21-8-5-4-6-9-21/h4-6,8-9,19-20,22-24,29-30H,7,10-18H2,1-3H3,(H,33,35)(H,34,36)(H,38,39). The average Bonchev–Trinajstić information content (AvgIpc) is 3.22. The van der Waals surface area contributed by atoms with E-state index in [9.17, 15) is 24.3 Å². The van der Waals surface area contributed by atoms with Crippen molar-refractivity contribution in [3.63, 3.8) is 0 Å². The zero-order chi connectivity index (χ0) is 31.5. The van der Waals surface area contributed by atoms with Crippen LogP contribution in [0.1, 0.15) is 77.7 Å². The van der Waals surface area contributed by atoms with Gasteiger partial charge in [0.1, 0.15) is 6.04 Å². The van der Waals surface area contributed by atoms with Crippen LogP contribution in [-0.4, -0.2) is 65.4 Å². The van der Waals surface area contributed by atoms with Crippen LogP contribution >= 0.6 is 0 Å². The SMILES string of the molecule is CC1CCC2C(C)C(OC(=O)CCC(=O)NCCCC(=O)NC(Cc3ccccc3)C(=O)O)OC3OC4(C)CCC1C32OO4. The fraction of sp³-hybridized carbons (Fsp3) is 0.688. The van der Waals surface area contributed by atoms with Crippen molar-refractivity contribution < 1.29 is 48.3 Å². The van der Waals surface area contributed by atoms with Crippen molar-refractivity contribution in [2.24, 2.45) is 23.7 Å². The van der Waals surface area contributed by atoms with Crippen LogP contribution in [0.25, 0.3) is 0 Å². The molecular weight excluding hydrogens is 572 g/mol. The van der Waals surface area contributed by atoms with Crippen molar-refractivity contribution >= 4 is 23.8 Å². The number of hydrogen-bond donors (Lipinski definition) is 3. The van der Waals surface area contributed by atoms with Gasteiger partial charge in [-0.3, -0.25) is 14.4 Å². The van der Waals surface area contributed by atoms with Crippen LogP contribution < -0.4 is 10.6 Å². The van der Waals surface area contributed by atoms with Gasteiger partial charge < -0.3 is 30.0 Å². The largest absolute Gasteiger partial charge is 0.480 e. The van der Waals surface area contributed by atoms with E-state index in [4.69, 9.17) is 24.0 Å². The predicted octanol–water partition coefficient (Wildman–Crippen LogP) is 3.23. The van der Waals surface area contributed by atoms with E-state index in [1.165, 1.54) is 0 Å². The van der Waals surface area contributed by atoms with E-state index in [1.807, 2.05) is 32.0 Å². The summed E-state index contributed by atoms with van der Waals surface area (Å²) in [4.78, 5) is 60.9. The summed E-state index contributed by atoms with van der Waals surface area (Å²) in [6.07, 6.45) is 2.29. The minimum atomic E-state index is -1.11. The molecule has 242 valence electrons. The molecule has 2 amide bonds. The van der Waals surface area contributed by atoms with Crippen LogP contribution in [0.2, 0.25) is 0 Å². The number of fused-ring (bicyclic) bond motifs is 2. The highest BCUT2D eigenvalue weighted by molar-refractivity contribution is 5.84. The smallest absolute Gasteiger partial charge is 0.326 e. The lowest BCUT2D eigenvalue weighted by molar-refractivity contribution is -0.576. The minimum absolute atomic E-state index is 0.0208. The van der Waals surface area contributed by atoms with Gasteiger partial charge in [0.25, 0.3) is 0 Å². The second-order valence-electron chi connectivity index (χ2n) is 12.9. The summed E-state index contributed by atoms with van der Waals surface area (Å²) in [7, 11) is 0. The van der Waals surface area contributed by atoms with Gasteiger partial charge in [-0.25, -0.2) is 14.6 Å². The lowest BCUT2D eigenvalue weighted by Crippen LogP contribution is -2.70. The molecule has 44 heavy (non-hydrogen) atoms. The molecule has 12 heteroatoms. The molecular formula is C32H44N2O10. The first-order valence-corrected chi connectivity index (χ1v) is 15.7. The van der Waals surface area contributed by atoms with Crippen LogP contribution in [0.4, 0.5) is 0 Å². The minimum Gasteiger partial charge on any atom is -0.480 e. The zero-order valence-corrected chi connectivity index (χ0v) is 25.6.